The van der Waals surface area contributed by atoms with E-state index in [1.54, 1.807) is 12.3 Å². The van der Waals surface area contributed by atoms with E-state index >= 15 is 0 Å². The molecule has 182 valence electrons. The highest BCUT2D eigenvalue weighted by Crippen LogP contribution is 2.03. The highest BCUT2D eigenvalue weighted by Gasteiger charge is 2.24. The fourth-order valence-corrected chi connectivity index (χ4v) is 2.27. The fraction of sp³-hybridized carbons (Fsp3) is 0.609. The molecule has 1 rings (SSSR count). The van der Waals surface area contributed by atoms with Crippen molar-refractivity contribution in [3.8, 4) is 0 Å². The van der Waals surface area contributed by atoms with Gasteiger partial charge in [0, 0.05) is 18.4 Å². The van der Waals surface area contributed by atoms with Gasteiger partial charge in [0.1, 0.15) is 18.9 Å². The largest absolute Gasteiger partial charge is 0.389 e. The second-order valence-corrected chi connectivity index (χ2v) is 7.14. The van der Waals surface area contributed by atoms with E-state index in [2.05, 4.69) is 46.3 Å². The molecule has 2 amide bonds. The molecule has 0 fully saturated rings. The first-order valence-corrected chi connectivity index (χ1v) is 11.1. The van der Waals surface area contributed by atoms with Crippen LogP contribution in [0.3, 0.4) is 0 Å². The second-order valence-electron chi connectivity index (χ2n) is 7.14. The predicted molar refractivity (Wildman–Crippen MR) is 129 cm³/mol. The van der Waals surface area contributed by atoms with Crippen LogP contribution in [0.2, 0.25) is 0 Å². The maximum atomic E-state index is 12.1. The van der Waals surface area contributed by atoms with Gasteiger partial charge in [0.2, 0.25) is 11.8 Å². The van der Waals surface area contributed by atoms with Crippen molar-refractivity contribution in [3.63, 3.8) is 0 Å². The summed E-state index contributed by atoms with van der Waals surface area (Å²) in [6, 6.07) is -0.703. The number of aldehydes is 1. The van der Waals surface area contributed by atoms with Gasteiger partial charge in [0.05, 0.1) is 12.2 Å². The van der Waals surface area contributed by atoms with E-state index in [4.69, 9.17) is 0 Å². The minimum Gasteiger partial charge on any atom is -0.389 e. The molecule has 9 heteroatoms. The number of carbonyl (C=O) groups excluding carboxylic acids is 3. The Morgan fingerprint density at radius 1 is 1.25 bits per heavy atom. The average molecular weight is 451 g/mol. The third-order valence-electron chi connectivity index (χ3n) is 3.80. The molecule has 0 aromatic carbocycles. The molecule has 0 saturated heterocycles. The number of carbonyl (C=O) groups is 3. The first-order chi connectivity index (χ1) is 15.2. The van der Waals surface area contributed by atoms with Crippen LogP contribution in [0.25, 0.3) is 0 Å². The Bertz CT molecular complexity index is 685. The fourth-order valence-electron chi connectivity index (χ4n) is 2.27. The zero-order valence-electron chi connectivity index (χ0n) is 20.6. The van der Waals surface area contributed by atoms with Gasteiger partial charge < -0.3 is 20.7 Å². The Morgan fingerprint density at radius 2 is 1.91 bits per heavy atom. The number of rotatable bonds is 13. The van der Waals surface area contributed by atoms with Crippen molar-refractivity contribution >= 4 is 18.1 Å². The molecule has 0 radical (unpaired) electrons. The molecular weight excluding hydrogens is 408 g/mol. The molecule has 0 spiro atoms. The molecule has 0 saturated carbocycles. The summed E-state index contributed by atoms with van der Waals surface area (Å²) in [4.78, 5) is 34.3. The Balaban J connectivity index is 0. The number of amides is 2. The molecule has 1 unspecified atom stereocenters. The summed E-state index contributed by atoms with van der Waals surface area (Å²) >= 11 is 0. The van der Waals surface area contributed by atoms with Crippen LogP contribution in [0.1, 0.15) is 60.1 Å². The van der Waals surface area contributed by atoms with Crippen molar-refractivity contribution in [3.05, 3.63) is 36.8 Å². The predicted octanol–water partition coefficient (Wildman–Crippen LogP) is 2.40. The van der Waals surface area contributed by atoms with Crippen molar-refractivity contribution < 1.29 is 14.4 Å². The van der Waals surface area contributed by atoms with Crippen LogP contribution in [0.4, 0.5) is 0 Å². The molecule has 0 bridgehead atoms. The number of aryl methyl sites for hydroxylation is 1. The maximum absolute atomic E-state index is 12.1. The van der Waals surface area contributed by atoms with Crippen LogP contribution in [0.15, 0.2) is 31.1 Å². The van der Waals surface area contributed by atoms with Crippen molar-refractivity contribution in [2.75, 3.05) is 13.1 Å². The Labute approximate surface area is 193 Å². The molecule has 32 heavy (non-hydrogen) atoms. The normalized spacial score (nSPS) is 10.5. The van der Waals surface area contributed by atoms with Crippen LogP contribution >= 0.6 is 0 Å². The average Bonchev–Trinajstić information content (AvgIpc) is 3.21. The lowest BCUT2D eigenvalue weighted by molar-refractivity contribution is -0.130. The molecule has 1 aromatic heterocycles. The van der Waals surface area contributed by atoms with Gasteiger partial charge in [0.15, 0.2) is 0 Å². The van der Waals surface area contributed by atoms with Crippen molar-refractivity contribution in [2.24, 2.45) is 5.92 Å². The van der Waals surface area contributed by atoms with E-state index in [1.807, 2.05) is 34.6 Å². The van der Waals surface area contributed by atoms with Gasteiger partial charge in [-0.1, -0.05) is 52.5 Å². The van der Waals surface area contributed by atoms with Crippen LogP contribution < -0.4 is 16.0 Å². The first-order valence-electron chi connectivity index (χ1n) is 11.1. The Morgan fingerprint density at radius 3 is 2.38 bits per heavy atom. The van der Waals surface area contributed by atoms with Gasteiger partial charge in [-0.25, -0.2) is 4.68 Å². The summed E-state index contributed by atoms with van der Waals surface area (Å²) < 4.78 is 1.43. The highest BCUT2D eigenvalue weighted by atomic mass is 16.2. The van der Waals surface area contributed by atoms with Crippen LogP contribution in [0, 0.1) is 5.92 Å². The van der Waals surface area contributed by atoms with E-state index < -0.39 is 6.04 Å². The minimum absolute atomic E-state index is 0.0225. The third kappa shape index (κ3) is 15.8. The molecular formula is C23H42N6O3. The quantitative estimate of drug-likeness (QED) is 0.314. The minimum atomic E-state index is -0.703. The van der Waals surface area contributed by atoms with Gasteiger partial charge in [-0.15, -0.1) is 11.7 Å². The summed E-state index contributed by atoms with van der Waals surface area (Å²) in [5.74, 6) is -0.833. The molecule has 1 atom stereocenters. The number of hydrogen-bond donors (Lipinski definition) is 3. The van der Waals surface area contributed by atoms with Gasteiger partial charge in [0.25, 0.3) is 0 Å². The van der Waals surface area contributed by atoms with Gasteiger partial charge in [-0.2, -0.15) is 0 Å². The number of nitrogens with one attached hydrogen (secondary N) is 3. The van der Waals surface area contributed by atoms with E-state index in [9.17, 15) is 14.4 Å². The monoisotopic (exact) mass is 450 g/mol. The lowest BCUT2D eigenvalue weighted by Crippen LogP contribution is -2.50. The smallest absolute Gasteiger partial charge is 0.243 e. The van der Waals surface area contributed by atoms with Crippen molar-refractivity contribution in [1.82, 2.24) is 30.9 Å². The molecule has 3 N–H and O–H groups in total. The Kier molecular flexibility index (Phi) is 19.5. The summed E-state index contributed by atoms with van der Waals surface area (Å²) in [6.07, 6.45) is 6.76. The first kappa shape index (κ1) is 31.2. The van der Waals surface area contributed by atoms with E-state index in [0.717, 1.165) is 24.4 Å². The zero-order valence-corrected chi connectivity index (χ0v) is 20.6. The molecule has 0 aliphatic rings. The number of nitrogens with zero attached hydrogens (tertiary/aromatic N) is 3. The van der Waals surface area contributed by atoms with E-state index in [0.29, 0.717) is 12.7 Å². The number of hydrogen-bond acceptors (Lipinski definition) is 6. The summed E-state index contributed by atoms with van der Waals surface area (Å²) in [5, 5.41) is 16.0. The summed E-state index contributed by atoms with van der Waals surface area (Å²) in [5.41, 5.74) is 1.84. The molecule has 0 aliphatic heterocycles. The van der Waals surface area contributed by atoms with E-state index in [-0.39, 0.29) is 30.8 Å². The summed E-state index contributed by atoms with van der Waals surface area (Å²) in [6.45, 7) is 20.0. The van der Waals surface area contributed by atoms with Crippen LogP contribution in [0.5, 0.6) is 0 Å². The van der Waals surface area contributed by atoms with Crippen LogP contribution in [-0.4, -0.2) is 52.2 Å². The maximum Gasteiger partial charge on any atom is 0.243 e. The number of allylic oxidation sites excluding steroid dienone is 2. The lowest BCUT2D eigenvalue weighted by Gasteiger charge is -2.21. The molecule has 1 aromatic rings. The molecule has 9 nitrogen and oxygen atoms in total. The van der Waals surface area contributed by atoms with E-state index in [1.165, 1.54) is 11.1 Å². The second kappa shape index (κ2) is 20.0. The standard InChI is InChI=1S/C15H23N5O3.C6H13N.C2H6/c1-4-5-6-12-9-20(19-18-12)10-13(22)17-14(11(2)3)15(23)16-7-8-21;1-4-5-7-6(2)3;1-2/h4,8-9,11,14H,1,5-7,10H2,2-3H3,(H,16,23)(H,17,22);7H,2,4-5H2,1,3H3;1-2H3. The molecule has 1 heterocycles. The summed E-state index contributed by atoms with van der Waals surface area (Å²) in [7, 11) is 0. The van der Waals surface area contributed by atoms with Crippen LogP contribution in [-0.2, 0) is 27.3 Å². The van der Waals surface area contributed by atoms with Crippen molar-refractivity contribution in [1.29, 1.82) is 0 Å². The van der Waals surface area contributed by atoms with Gasteiger partial charge >= 0.3 is 0 Å². The highest BCUT2D eigenvalue weighted by molar-refractivity contribution is 5.88. The van der Waals surface area contributed by atoms with Gasteiger partial charge in [-0.3, -0.25) is 9.59 Å². The zero-order chi connectivity index (χ0) is 24.9. The molecule has 0 aliphatic carbocycles. The van der Waals surface area contributed by atoms with Crippen molar-refractivity contribution in [2.45, 2.75) is 73.4 Å². The SMILES string of the molecule is C=C(C)NCCC.C=CCCc1cn(CC(=O)NC(C(=O)NCC=O)C(C)C)nn1.CC. The lowest BCUT2D eigenvalue weighted by atomic mass is 10.0. The topological polar surface area (TPSA) is 118 Å². The Hall–Kier alpha value is -2.97. The third-order valence-corrected chi connectivity index (χ3v) is 3.80. The number of aromatic nitrogens is 3. The van der Waals surface area contributed by atoms with Gasteiger partial charge in [-0.05, 0) is 32.1 Å².